The second-order valence-electron chi connectivity index (χ2n) is 5.77. The number of hydrogen-bond acceptors (Lipinski definition) is 4. The van der Waals surface area contributed by atoms with Crippen LogP contribution in [0, 0.1) is 0 Å². The molecule has 0 spiro atoms. The van der Waals surface area contributed by atoms with E-state index in [1.54, 1.807) is 7.11 Å². The number of benzene rings is 1. The highest BCUT2D eigenvalue weighted by atomic mass is 79.9. The summed E-state index contributed by atoms with van der Waals surface area (Å²) in [5, 5.41) is 3.39. The first-order valence-electron chi connectivity index (χ1n) is 7.72. The number of hydrogen-bond donors (Lipinski definition) is 1. The largest absolute Gasteiger partial charge is 0.493 e. The first-order valence-corrected chi connectivity index (χ1v) is 8.51. The van der Waals surface area contributed by atoms with Crippen molar-refractivity contribution < 1.29 is 9.47 Å². The molecule has 0 aromatic heterocycles. The normalized spacial score (nSPS) is 19.5. The van der Waals surface area contributed by atoms with Crippen LogP contribution in [0.5, 0.6) is 11.5 Å². The maximum Gasteiger partial charge on any atom is 0.175 e. The quantitative estimate of drug-likeness (QED) is 0.850. The third-order valence-corrected chi connectivity index (χ3v) is 4.61. The molecule has 3 rings (SSSR count). The molecule has 0 bridgehead atoms. The lowest BCUT2D eigenvalue weighted by molar-refractivity contribution is 0.243. The lowest BCUT2D eigenvalue weighted by Crippen LogP contribution is -2.44. The van der Waals surface area contributed by atoms with E-state index in [9.17, 15) is 0 Å². The van der Waals surface area contributed by atoms with Crippen molar-refractivity contribution in [1.82, 2.24) is 10.2 Å². The lowest BCUT2D eigenvalue weighted by Gasteiger charge is -2.27. The number of piperazine rings is 1. The predicted octanol–water partition coefficient (Wildman–Crippen LogP) is 2.45. The van der Waals surface area contributed by atoms with Crippen LogP contribution >= 0.6 is 15.9 Å². The van der Waals surface area contributed by atoms with Gasteiger partial charge < -0.3 is 19.7 Å². The summed E-state index contributed by atoms with van der Waals surface area (Å²) in [6, 6.07) is 4.28. The van der Waals surface area contributed by atoms with Crippen molar-refractivity contribution in [2.45, 2.75) is 25.4 Å². The van der Waals surface area contributed by atoms with Crippen molar-refractivity contribution in [2.75, 3.05) is 39.8 Å². The van der Waals surface area contributed by atoms with Crippen LogP contribution in [0.2, 0.25) is 0 Å². The third kappa shape index (κ3) is 4.11. The van der Waals surface area contributed by atoms with Gasteiger partial charge in [-0.15, -0.1) is 0 Å². The highest BCUT2D eigenvalue weighted by Crippen LogP contribution is 2.40. The Kier molecular flexibility index (Phi) is 5.03. The maximum atomic E-state index is 5.94. The molecule has 4 nitrogen and oxygen atoms in total. The van der Waals surface area contributed by atoms with Crippen LogP contribution in [0.1, 0.15) is 18.4 Å². The van der Waals surface area contributed by atoms with Gasteiger partial charge in [0.25, 0.3) is 0 Å². The molecule has 0 amide bonds. The zero-order valence-electron chi connectivity index (χ0n) is 12.5. The van der Waals surface area contributed by atoms with Crippen molar-refractivity contribution in [2.24, 2.45) is 0 Å². The van der Waals surface area contributed by atoms with Gasteiger partial charge in [-0.25, -0.2) is 0 Å². The molecule has 116 valence electrons. The molecule has 0 unspecified atom stereocenters. The molecule has 1 aromatic rings. The van der Waals surface area contributed by atoms with Crippen LogP contribution in [-0.2, 0) is 6.42 Å². The molecule has 1 saturated heterocycles. The number of halogens is 1. The van der Waals surface area contributed by atoms with E-state index in [-0.39, 0.29) is 0 Å². The van der Waals surface area contributed by atoms with Crippen molar-refractivity contribution >= 4 is 15.9 Å². The number of nitrogens with one attached hydrogen (secondary N) is 1. The minimum absolute atomic E-state index is 0.377. The van der Waals surface area contributed by atoms with Crippen molar-refractivity contribution in [3.63, 3.8) is 0 Å². The van der Waals surface area contributed by atoms with E-state index >= 15 is 0 Å². The fraction of sp³-hybridized carbons (Fsp3) is 0.625. The van der Waals surface area contributed by atoms with Crippen molar-refractivity contribution in [3.8, 4) is 11.5 Å². The van der Waals surface area contributed by atoms with Gasteiger partial charge in [-0.1, -0.05) is 0 Å². The second kappa shape index (κ2) is 6.99. The Morgan fingerprint density at radius 1 is 1.29 bits per heavy atom. The Balaban J connectivity index is 1.65. The minimum atomic E-state index is 0.377. The monoisotopic (exact) mass is 354 g/mol. The molecule has 1 N–H and O–H groups in total. The summed E-state index contributed by atoms with van der Waals surface area (Å²) in [5.41, 5.74) is 1.29. The average molecular weight is 355 g/mol. The molecule has 2 aliphatic rings. The topological polar surface area (TPSA) is 33.7 Å². The molecule has 1 heterocycles. The summed E-state index contributed by atoms with van der Waals surface area (Å²) in [4.78, 5) is 2.51. The number of rotatable bonds is 6. The summed E-state index contributed by atoms with van der Waals surface area (Å²) in [6.45, 7) is 5.57. The van der Waals surface area contributed by atoms with E-state index in [1.165, 1.54) is 5.56 Å². The van der Waals surface area contributed by atoms with Gasteiger partial charge >= 0.3 is 0 Å². The molecule has 1 aliphatic carbocycles. The van der Waals surface area contributed by atoms with Crippen LogP contribution in [-0.4, -0.2) is 50.8 Å². The molecular formula is C16H23BrN2O2. The van der Waals surface area contributed by atoms with Crippen molar-refractivity contribution in [3.05, 3.63) is 22.2 Å². The molecule has 2 fully saturated rings. The SMILES string of the molecule is COc1cc(CCN2CCNCC2)cc(Br)c1OC1CC1. The Morgan fingerprint density at radius 3 is 2.71 bits per heavy atom. The number of ether oxygens (including phenoxy) is 2. The Labute approximate surface area is 134 Å². The maximum absolute atomic E-state index is 5.94. The lowest BCUT2D eigenvalue weighted by atomic mass is 10.1. The summed E-state index contributed by atoms with van der Waals surface area (Å²) >= 11 is 3.63. The Morgan fingerprint density at radius 2 is 2.05 bits per heavy atom. The fourth-order valence-electron chi connectivity index (χ4n) is 2.61. The van der Waals surface area contributed by atoms with Gasteiger partial charge in [0.15, 0.2) is 11.5 Å². The number of nitrogens with zero attached hydrogens (tertiary/aromatic N) is 1. The summed E-state index contributed by atoms with van der Waals surface area (Å²) in [6.07, 6.45) is 3.72. The third-order valence-electron chi connectivity index (χ3n) is 4.02. The minimum Gasteiger partial charge on any atom is -0.493 e. The van der Waals surface area contributed by atoms with E-state index in [1.807, 2.05) is 0 Å². The number of methoxy groups -OCH3 is 1. The molecule has 1 aromatic carbocycles. The zero-order chi connectivity index (χ0) is 14.7. The van der Waals surface area contributed by atoms with Crippen molar-refractivity contribution in [1.29, 1.82) is 0 Å². The molecule has 1 aliphatic heterocycles. The molecule has 0 atom stereocenters. The Bertz CT molecular complexity index is 485. The van der Waals surface area contributed by atoms with E-state index < -0.39 is 0 Å². The van der Waals surface area contributed by atoms with Crippen LogP contribution in [0.4, 0.5) is 0 Å². The van der Waals surface area contributed by atoms with Gasteiger partial charge in [0.2, 0.25) is 0 Å². The van der Waals surface area contributed by atoms with Crippen LogP contribution in [0.25, 0.3) is 0 Å². The van der Waals surface area contributed by atoms with Crippen LogP contribution < -0.4 is 14.8 Å². The van der Waals surface area contributed by atoms with Gasteiger partial charge in [0.05, 0.1) is 17.7 Å². The van der Waals surface area contributed by atoms with E-state index in [0.29, 0.717) is 6.10 Å². The first kappa shape index (κ1) is 15.1. The zero-order valence-corrected chi connectivity index (χ0v) is 14.1. The Hall–Kier alpha value is -0.780. The predicted molar refractivity (Wildman–Crippen MR) is 87.4 cm³/mol. The standard InChI is InChI=1S/C16H23BrN2O2/c1-20-15-11-12(4-7-19-8-5-18-6-9-19)10-14(17)16(15)21-13-2-3-13/h10-11,13,18H,2-9H2,1H3. The van der Waals surface area contributed by atoms with Gasteiger partial charge in [-0.2, -0.15) is 0 Å². The highest BCUT2D eigenvalue weighted by molar-refractivity contribution is 9.10. The van der Waals surface area contributed by atoms with E-state index in [2.05, 4.69) is 38.3 Å². The van der Waals surface area contributed by atoms with E-state index in [4.69, 9.17) is 9.47 Å². The van der Waals surface area contributed by atoms with Gasteiger partial charge in [-0.3, -0.25) is 0 Å². The van der Waals surface area contributed by atoms with Gasteiger partial charge in [0.1, 0.15) is 0 Å². The molecular weight excluding hydrogens is 332 g/mol. The second-order valence-corrected chi connectivity index (χ2v) is 6.62. The van der Waals surface area contributed by atoms with Gasteiger partial charge in [0, 0.05) is 32.7 Å². The highest BCUT2D eigenvalue weighted by Gasteiger charge is 2.26. The molecule has 5 heteroatoms. The molecule has 0 radical (unpaired) electrons. The first-order chi connectivity index (χ1) is 10.3. The van der Waals surface area contributed by atoms with Crippen LogP contribution in [0.3, 0.4) is 0 Å². The van der Waals surface area contributed by atoms with Gasteiger partial charge in [-0.05, 0) is 52.9 Å². The molecule has 1 saturated carbocycles. The van der Waals surface area contributed by atoms with E-state index in [0.717, 1.165) is 68.0 Å². The van der Waals surface area contributed by atoms with Crippen LogP contribution in [0.15, 0.2) is 16.6 Å². The molecule has 21 heavy (non-hydrogen) atoms. The fourth-order valence-corrected chi connectivity index (χ4v) is 3.19. The average Bonchev–Trinajstić information content (AvgIpc) is 3.32. The summed E-state index contributed by atoms with van der Waals surface area (Å²) < 4.78 is 12.4. The smallest absolute Gasteiger partial charge is 0.175 e. The summed E-state index contributed by atoms with van der Waals surface area (Å²) in [5.74, 6) is 1.69. The summed E-state index contributed by atoms with van der Waals surface area (Å²) in [7, 11) is 1.71.